The molecule has 140 valence electrons. The zero-order chi connectivity index (χ0) is 18.3. The molecule has 1 amide bonds. The van der Waals surface area contributed by atoms with E-state index in [1.165, 1.54) is 28.7 Å². The molecule has 2 aromatic rings. The van der Waals surface area contributed by atoms with Crippen LogP contribution in [0.3, 0.4) is 0 Å². The molecule has 2 fully saturated rings. The molecule has 4 rings (SSSR count). The lowest BCUT2D eigenvalue weighted by molar-refractivity contribution is -0.131. The highest BCUT2D eigenvalue weighted by Crippen LogP contribution is 2.42. The third-order valence-corrected chi connectivity index (χ3v) is 6.79. The maximum Gasteiger partial charge on any atom is 0.222 e. The molecule has 0 radical (unpaired) electrons. The van der Waals surface area contributed by atoms with Crippen LogP contribution < -0.4 is 4.90 Å². The fourth-order valence-electron chi connectivity index (χ4n) is 3.54. The summed E-state index contributed by atoms with van der Waals surface area (Å²) in [6.45, 7) is 7.51. The molecular formula is C19H25ClN4OS. The topological polar surface area (TPSA) is 49.3 Å². The number of rotatable bonds is 5. The Labute approximate surface area is 163 Å². The van der Waals surface area contributed by atoms with Crippen molar-refractivity contribution in [3.63, 3.8) is 0 Å². The van der Waals surface area contributed by atoms with E-state index in [1.54, 1.807) is 11.3 Å². The summed E-state index contributed by atoms with van der Waals surface area (Å²) >= 11 is 7.49. The Morgan fingerprint density at radius 2 is 1.92 bits per heavy atom. The molecule has 1 aliphatic heterocycles. The van der Waals surface area contributed by atoms with Crippen molar-refractivity contribution in [3.05, 3.63) is 16.3 Å². The highest BCUT2D eigenvalue weighted by Gasteiger charge is 2.30. The number of carbonyl (C=O) groups is 1. The number of amides is 1. The maximum absolute atomic E-state index is 12.2. The van der Waals surface area contributed by atoms with Gasteiger partial charge in [0.15, 0.2) is 0 Å². The highest BCUT2D eigenvalue weighted by molar-refractivity contribution is 7.18. The van der Waals surface area contributed by atoms with E-state index in [2.05, 4.69) is 18.7 Å². The SMILES string of the molecule is Cc1sc2nc(C3CC3)nc(N3CCN(C(=O)CCCCl)CC3)c2c1C. The molecule has 1 saturated carbocycles. The number of halogens is 1. The predicted molar refractivity (Wildman–Crippen MR) is 108 cm³/mol. The van der Waals surface area contributed by atoms with E-state index in [9.17, 15) is 4.79 Å². The minimum atomic E-state index is 0.222. The van der Waals surface area contributed by atoms with Crippen molar-refractivity contribution < 1.29 is 4.79 Å². The second kappa shape index (κ2) is 7.31. The fraction of sp³-hybridized carbons (Fsp3) is 0.632. The molecule has 2 aliphatic rings. The number of fused-ring (bicyclic) bond motifs is 1. The third-order valence-electron chi connectivity index (χ3n) is 5.43. The summed E-state index contributed by atoms with van der Waals surface area (Å²) in [5, 5.41) is 1.21. The van der Waals surface area contributed by atoms with Gasteiger partial charge in [0.1, 0.15) is 16.5 Å². The largest absolute Gasteiger partial charge is 0.352 e. The summed E-state index contributed by atoms with van der Waals surface area (Å²) in [5.41, 5.74) is 1.29. The Bertz CT molecular complexity index is 825. The maximum atomic E-state index is 12.2. The predicted octanol–water partition coefficient (Wildman–Crippen LogP) is 3.85. The summed E-state index contributed by atoms with van der Waals surface area (Å²) < 4.78 is 0. The monoisotopic (exact) mass is 392 g/mol. The van der Waals surface area contributed by atoms with Crippen LogP contribution in [0.2, 0.25) is 0 Å². The van der Waals surface area contributed by atoms with Crippen LogP contribution in [0.5, 0.6) is 0 Å². The van der Waals surface area contributed by atoms with E-state index in [-0.39, 0.29) is 5.91 Å². The van der Waals surface area contributed by atoms with Gasteiger partial charge in [-0.15, -0.1) is 22.9 Å². The second-order valence-corrected chi connectivity index (χ2v) is 8.88. The molecule has 0 aromatic carbocycles. The Kier molecular flexibility index (Phi) is 5.06. The Morgan fingerprint density at radius 1 is 1.19 bits per heavy atom. The molecule has 7 heteroatoms. The summed E-state index contributed by atoms with van der Waals surface area (Å²) in [7, 11) is 0. The summed E-state index contributed by atoms with van der Waals surface area (Å²) in [4.78, 5) is 28.8. The number of carbonyl (C=O) groups excluding carboxylic acids is 1. The molecule has 3 heterocycles. The summed E-state index contributed by atoms with van der Waals surface area (Å²) in [5.74, 6) is 3.39. The van der Waals surface area contributed by atoms with Crippen LogP contribution in [0, 0.1) is 13.8 Å². The first-order valence-electron chi connectivity index (χ1n) is 9.44. The van der Waals surface area contributed by atoms with Gasteiger partial charge in [-0.1, -0.05) is 0 Å². The lowest BCUT2D eigenvalue weighted by Crippen LogP contribution is -2.49. The van der Waals surface area contributed by atoms with Gasteiger partial charge >= 0.3 is 0 Å². The Hall–Kier alpha value is -1.40. The van der Waals surface area contributed by atoms with E-state index in [1.807, 2.05) is 4.90 Å². The van der Waals surface area contributed by atoms with E-state index in [0.29, 0.717) is 18.2 Å². The van der Waals surface area contributed by atoms with Crippen LogP contribution in [0.1, 0.15) is 47.9 Å². The standard InChI is InChI=1S/C19H25ClN4OS/c1-12-13(2)26-19-16(12)18(21-17(22-19)14-5-6-14)24-10-8-23(9-11-24)15(25)4-3-7-20/h14H,3-11H2,1-2H3. The highest BCUT2D eigenvalue weighted by atomic mass is 35.5. The van der Waals surface area contributed by atoms with Gasteiger partial charge in [0.05, 0.1) is 5.39 Å². The molecule has 0 spiro atoms. The van der Waals surface area contributed by atoms with E-state index in [4.69, 9.17) is 21.6 Å². The number of hydrogen-bond acceptors (Lipinski definition) is 5. The first-order chi connectivity index (χ1) is 12.6. The van der Waals surface area contributed by atoms with Crippen molar-refractivity contribution in [1.29, 1.82) is 0 Å². The van der Waals surface area contributed by atoms with Crippen molar-refractivity contribution in [2.75, 3.05) is 37.0 Å². The minimum Gasteiger partial charge on any atom is -0.352 e. The molecule has 0 atom stereocenters. The number of anilines is 1. The summed E-state index contributed by atoms with van der Waals surface area (Å²) in [6.07, 6.45) is 3.72. The molecule has 0 bridgehead atoms. The quantitative estimate of drug-likeness (QED) is 0.725. The van der Waals surface area contributed by atoms with Crippen LogP contribution in [0.4, 0.5) is 5.82 Å². The zero-order valence-corrected chi connectivity index (χ0v) is 17.0. The van der Waals surface area contributed by atoms with Crippen LogP contribution in [0.25, 0.3) is 10.2 Å². The Morgan fingerprint density at radius 3 is 2.58 bits per heavy atom. The smallest absolute Gasteiger partial charge is 0.222 e. The van der Waals surface area contributed by atoms with Gasteiger partial charge in [-0.3, -0.25) is 4.79 Å². The third kappa shape index (κ3) is 3.41. The number of hydrogen-bond donors (Lipinski definition) is 0. The van der Waals surface area contributed by atoms with Gasteiger partial charge in [0.2, 0.25) is 5.91 Å². The number of alkyl halides is 1. The van der Waals surface area contributed by atoms with Gasteiger partial charge in [-0.05, 0) is 38.7 Å². The van der Waals surface area contributed by atoms with Crippen LogP contribution >= 0.6 is 22.9 Å². The lowest BCUT2D eigenvalue weighted by atomic mass is 10.1. The molecule has 1 aliphatic carbocycles. The molecule has 0 N–H and O–H groups in total. The van der Waals surface area contributed by atoms with Gasteiger partial charge < -0.3 is 9.80 Å². The van der Waals surface area contributed by atoms with Gasteiger partial charge in [-0.2, -0.15) is 0 Å². The number of nitrogens with zero attached hydrogens (tertiary/aromatic N) is 4. The fourth-order valence-corrected chi connectivity index (χ4v) is 4.71. The molecule has 0 unspecified atom stereocenters. The number of thiophene rings is 1. The van der Waals surface area contributed by atoms with Gasteiger partial charge in [-0.25, -0.2) is 9.97 Å². The first-order valence-corrected chi connectivity index (χ1v) is 10.8. The van der Waals surface area contributed by atoms with Crippen molar-refractivity contribution in [1.82, 2.24) is 14.9 Å². The first kappa shape index (κ1) is 18.0. The normalized spacial score (nSPS) is 18.0. The van der Waals surface area contributed by atoms with E-state index >= 15 is 0 Å². The second-order valence-electron chi connectivity index (χ2n) is 7.30. The number of piperazine rings is 1. The Balaban J connectivity index is 1.58. The van der Waals surface area contributed by atoms with Gasteiger partial charge in [0.25, 0.3) is 0 Å². The number of aromatic nitrogens is 2. The summed E-state index contributed by atoms with van der Waals surface area (Å²) in [6, 6.07) is 0. The van der Waals surface area contributed by atoms with Crippen LogP contribution in [-0.4, -0.2) is 52.8 Å². The van der Waals surface area contributed by atoms with E-state index < -0.39 is 0 Å². The van der Waals surface area contributed by atoms with Crippen LogP contribution in [-0.2, 0) is 4.79 Å². The molecular weight excluding hydrogens is 368 g/mol. The zero-order valence-electron chi connectivity index (χ0n) is 15.4. The molecule has 26 heavy (non-hydrogen) atoms. The molecule has 2 aromatic heterocycles. The average molecular weight is 393 g/mol. The van der Waals surface area contributed by atoms with Crippen molar-refractivity contribution in [2.45, 2.75) is 45.4 Å². The van der Waals surface area contributed by atoms with Crippen molar-refractivity contribution in [2.24, 2.45) is 0 Å². The van der Waals surface area contributed by atoms with E-state index in [0.717, 1.165) is 49.1 Å². The minimum absolute atomic E-state index is 0.222. The average Bonchev–Trinajstić information content (AvgIpc) is 3.46. The number of aryl methyl sites for hydroxylation is 2. The van der Waals surface area contributed by atoms with Crippen molar-refractivity contribution in [3.8, 4) is 0 Å². The lowest BCUT2D eigenvalue weighted by Gasteiger charge is -2.36. The molecule has 5 nitrogen and oxygen atoms in total. The van der Waals surface area contributed by atoms with Crippen LogP contribution in [0.15, 0.2) is 0 Å². The van der Waals surface area contributed by atoms with Gasteiger partial charge in [0, 0.05) is 49.3 Å². The van der Waals surface area contributed by atoms with Crippen molar-refractivity contribution >= 4 is 44.9 Å². The molecule has 1 saturated heterocycles.